The molecule has 0 spiro atoms. The van der Waals surface area contributed by atoms with Crippen LogP contribution in [0, 0.1) is 0 Å². The monoisotopic (exact) mass is 712 g/mol. The Labute approximate surface area is 303 Å². The summed E-state index contributed by atoms with van der Waals surface area (Å²) in [7, 11) is 3.71. The number of ether oxygens (including phenoxy) is 3. The second kappa shape index (κ2) is 18.4. The number of aliphatic hydroxyl groups is 1. The average Bonchev–Trinajstić information content (AvgIpc) is 4.05. The fraction of sp³-hybridized carbons (Fsp3) is 0.308. The van der Waals surface area contributed by atoms with E-state index in [0.717, 1.165) is 29.6 Å². The molecule has 2 N–H and O–H groups in total. The first-order valence-corrected chi connectivity index (χ1v) is 16.8. The number of aromatic nitrogens is 2. The number of carbonyl (C=O) groups is 3. The standard InChI is InChI=1S/C23H22N2O5.C15H16N2O3.CH4O.H2/c1-28-22(26)19-12-18(21-24-13-20(30-21)17-10-6-3-7-11-17)14-25(19)23(27)29-15-16-8-4-2-5-9-16;1-19-15(18)12-7-11(8-16-12)14-17-9-13(20-14)10-5-3-2-4-6-10;1-2;/h2-11,13,18-19H,12,14-15H2,1H3;2-6,9,11-12,16H,7-8H2,1H3;2H,1H3;1H/t18-,19-;11-,12-;;/m00../s1. The predicted molar refractivity (Wildman–Crippen MR) is 192 cm³/mol. The molecule has 2 fully saturated rings. The number of methoxy groups -OCH3 is 2. The minimum absolute atomic E-state index is 0. The second-order valence-electron chi connectivity index (χ2n) is 11.9. The third-order valence-electron chi connectivity index (χ3n) is 8.69. The van der Waals surface area contributed by atoms with E-state index in [1.165, 1.54) is 19.1 Å². The minimum atomic E-state index is -0.740. The van der Waals surface area contributed by atoms with Gasteiger partial charge in [-0.25, -0.2) is 19.6 Å². The molecule has 2 aromatic heterocycles. The fourth-order valence-electron chi connectivity index (χ4n) is 6.05. The molecule has 4 atom stereocenters. The molecule has 0 unspecified atom stereocenters. The van der Waals surface area contributed by atoms with Gasteiger partial charge in [0.05, 0.1) is 38.4 Å². The number of rotatable bonds is 8. The Hall–Kier alpha value is -5.79. The van der Waals surface area contributed by atoms with Gasteiger partial charge in [-0.05, 0) is 18.4 Å². The van der Waals surface area contributed by atoms with Crippen LogP contribution in [0.2, 0.25) is 0 Å². The lowest BCUT2D eigenvalue weighted by atomic mass is 10.1. The first kappa shape index (κ1) is 37.5. The molecule has 274 valence electrons. The lowest BCUT2D eigenvalue weighted by Crippen LogP contribution is -2.41. The number of carbonyl (C=O) groups excluding carboxylic acids is 3. The Bertz CT molecular complexity index is 1870. The van der Waals surface area contributed by atoms with Gasteiger partial charge < -0.3 is 33.5 Å². The van der Waals surface area contributed by atoms with Crippen molar-refractivity contribution in [1.29, 1.82) is 0 Å². The fourth-order valence-corrected chi connectivity index (χ4v) is 6.05. The maximum Gasteiger partial charge on any atom is 0.410 e. The first-order chi connectivity index (χ1) is 25.4. The van der Waals surface area contributed by atoms with Crippen molar-refractivity contribution >= 4 is 18.0 Å². The van der Waals surface area contributed by atoms with Gasteiger partial charge in [-0.2, -0.15) is 0 Å². The van der Waals surface area contributed by atoms with Gasteiger partial charge in [0.15, 0.2) is 23.3 Å². The van der Waals surface area contributed by atoms with Gasteiger partial charge in [-0.1, -0.05) is 91.0 Å². The molecule has 2 saturated heterocycles. The Morgan fingerprint density at radius 3 is 1.83 bits per heavy atom. The van der Waals surface area contributed by atoms with E-state index in [4.69, 9.17) is 28.2 Å². The van der Waals surface area contributed by atoms with Gasteiger partial charge in [0.1, 0.15) is 18.7 Å². The van der Waals surface area contributed by atoms with Crippen molar-refractivity contribution < 1.29 is 44.0 Å². The summed E-state index contributed by atoms with van der Waals surface area (Å²) in [6.07, 6.45) is 3.85. The zero-order valence-corrected chi connectivity index (χ0v) is 29.2. The molecule has 2 aliphatic rings. The van der Waals surface area contributed by atoms with Crippen molar-refractivity contribution in [3.05, 3.63) is 121 Å². The van der Waals surface area contributed by atoms with E-state index in [-0.39, 0.29) is 38.4 Å². The van der Waals surface area contributed by atoms with Crippen molar-refractivity contribution in [1.82, 2.24) is 20.2 Å². The number of nitrogens with one attached hydrogen (secondary N) is 1. The first-order valence-electron chi connectivity index (χ1n) is 16.8. The number of hydrogen-bond donors (Lipinski definition) is 2. The van der Waals surface area contributed by atoms with Gasteiger partial charge in [-0.15, -0.1) is 0 Å². The number of amides is 1. The predicted octanol–water partition coefficient (Wildman–Crippen LogP) is 5.82. The van der Waals surface area contributed by atoms with E-state index in [9.17, 15) is 14.4 Å². The SMILES string of the molecule is CO.COC(=O)[C@@H]1C[C@H](c2ncc(-c3ccccc3)o2)CN1.COC(=O)[C@@H]1C[C@H](c2ncc(-c3ccccc3)o2)CN1C(=O)OCc1ccccc1.[HH]. The van der Waals surface area contributed by atoms with Crippen molar-refractivity contribution in [2.45, 2.75) is 43.4 Å². The Kier molecular flexibility index (Phi) is 13.3. The molecule has 13 heteroatoms. The highest BCUT2D eigenvalue weighted by atomic mass is 16.6. The Morgan fingerprint density at radius 1 is 0.769 bits per heavy atom. The Morgan fingerprint density at radius 2 is 1.29 bits per heavy atom. The van der Waals surface area contributed by atoms with Gasteiger partial charge in [-0.3, -0.25) is 9.69 Å². The average molecular weight is 713 g/mol. The Balaban J connectivity index is 0.000000238. The molecule has 1 amide bonds. The van der Waals surface area contributed by atoms with Gasteiger partial charge >= 0.3 is 18.0 Å². The highest BCUT2D eigenvalue weighted by Crippen LogP contribution is 2.34. The summed E-state index contributed by atoms with van der Waals surface area (Å²) in [5.74, 6) is 1.72. The van der Waals surface area contributed by atoms with Crippen molar-refractivity contribution in [3.8, 4) is 22.6 Å². The highest BCUT2D eigenvalue weighted by Gasteiger charge is 2.43. The molecule has 4 heterocycles. The molecule has 0 aliphatic carbocycles. The van der Waals surface area contributed by atoms with Crippen LogP contribution >= 0.6 is 0 Å². The number of oxazole rings is 2. The van der Waals surface area contributed by atoms with Crippen LogP contribution in [-0.4, -0.2) is 84.5 Å². The molecule has 0 bridgehead atoms. The van der Waals surface area contributed by atoms with Crippen molar-refractivity contribution in [3.63, 3.8) is 0 Å². The van der Waals surface area contributed by atoms with E-state index < -0.39 is 18.1 Å². The number of aliphatic hydroxyl groups excluding tert-OH is 1. The highest BCUT2D eigenvalue weighted by molar-refractivity contribution is 5.82. The van der Waals surface area contributed by atoms with Crippen LogP contribution in [0.3, 0.4) is 0 Å². The van der Waals surface area contributed by atoms with E-state index in [1.807, 2.05) is 91.0 Å². The number of benzene rings is 3. The largest absolute Gasteiger partial charge is 0.468 e. The molecule has 0 radical (unpaired) electrons. The molecule has 2 aliphatic heterocycles. The maximum atomic E-state index is 12.7. The van der Waals surface area contributed by atoms with Gasteiger partial charge in [0.2, 0.25) is 0 Å². The molecule has 0 saturated carbocycles. The van der Waals surface area contributed by atoms with Gasteiger partial charge in [0.25, 0.3) is 0 Å². The topological polar surface area (TPSA) is 166 Å². The van der Waals surface area contributed by atoms with E-state index in [1.54, 1.807) is 12.4 Å². The number of nitrogens with zero attached hydrogens (tertiary/aromatic N) is 3. The third kappa shape index (κ3) is 9.30. The quantitative estimate of drug-likeness (QED) is 0.146. The van der Waals surface area contributed by atoms with Crippen LogP contribution in [0.5, 0.6) is 0 Å². The summed E-state index contributed by atoms with van der Waals surface area (Å²) < 4.78 is 26.8. The molecular weight excluding hydrogens is 668 g/mol. The third-order valence-corrected chi connectivity index (χ3v) is 8.69. The zero-order valence-electron chi connectivity index (χ0n) is 29.2. The molecule has 3 aromatic carbocycles. The lowest BCUT2D eigenvalue weighted by Gasteiger charge is -2.21. The lowest BCUT2D eigenvalue weighted by molar-refractivity contribution is -0.145. The molecule has 13 nitrogen and oxygen atoms in total. The maximum absolute atomic E-state index is 12.7. The minimum Gasteiger partial charge on any atom is -0.468 e. The van der Waals surface area contributed by atoms with Crippen LogP contribution < -0.4 is 5.32 Å². The summed E-state index contributed by atoms with van der Waals surface area (Å²) in [6, 6.07) is 27.9. The molecular formula is C39H44N4O9. The molecule has 5 aromatic rings. The van der Waals surface area contributed by atoms with Crippen LogP contribution in [0.15, 0.2) is 112 Å². The van der Waals surface area contributed by atoms with Crippen LogP contribution in [-0.2, 0) is 30.4 Å². The number of likely N-dealkylation sites (tertiary alicyclic amines) is 1. The molecule has 7 rings (SSSR count). The van der Waals surface area contributed by atoms with Crippen molar-refractivity contribution in [2.75, 3.05) is 34.4 Å². The summed E-state index contributed by atoms with van der Waals surface area (Å²) in [6.45, 7) is 1.07. The second-order valence-corrected chi connectivity index (χ2v) is 11.9. The summed E-state index contributed by atoms with van der Waals surface area (Å²) >= 11 is 0. The van der Waals surface area contributed by atoms with Crippen molar-refractivity contribution in [2.24, 2.45) is 0 Å². The smallest absolute Gasteiger partial charge is 0.410 e. The van der Waals surface area contributed by atoms with Crippen LogP contribution in [0.25, 0.3) is 22.6 Å². The van der Waals surface area contributed by atoms with E-state index >= 15 is 0 Å². The number of hydrogen-bond acceptors (Lipinski definition) is 12. The number of esters is 2. The van der Waals surface area contributed by atoms with E-state index in [2.05, 4.69) is 15.3 Å². The molecule has 52 heavy (non-hydrogen) atoms. The van der Waals surface area contributed by atoms with Crippen LogP contribution in [0.4, 0.5) is 4.79 Å². The van der Waals surface area contributed by atoms with Gasteiger partial charge in [0, 0.05) is 32.8 Å². The van der Waals surface area contributed by atoms with E-state index in [0.29, 0.717) is 36.9 Å². The normalized spacial score (nSPS) is 19.0. The zero-order chi connectivity index (χ0) is 36.9. The summed E-state index contributed by atoms with van der Waals surface area (Å²) in [5.41, 5.74) is 2.79. The van der Waals surface area contributed by atoms with Crippen LogP contribution in [0.1, 0.15) is 43.4 Å². The summed E-state index contributed by atoms with van der Waals surface area (Å²) in [5, 5.41) is 10.1. The summed E-state index contributed by atoms with van der Waals surface area (Å²) in [4.78, 5) is 46.6.